The fourth-order valence-corrected chi connectivity index (χ4v) is 4.52. The van der Waals surface area contributed by atoms with Gasteiger partial charge in [-0.2, -0.15) is 0 Å². The molecule has 1 saturated heterocycles. The highest BCUT2D eigenvalue weighted by molar-refractivity contribution is 5.91. The van der Waals surface area contributed by atoms with Crippen LogP contribution in [0.2, 0.25) is 0 Å². The Bertz CT molecular complexity index is 1370. The molecule has 0 aliphatic carbocycles. The maximum Gasteiger partial charge on any atom is 0.338 e. The first-order valence-corrected chi connectivity index (χ1v) is 14.2. The number of methoxy groups -OCH3 is 1. The predicted molar refractivity (Wildman–Crippen MR) is 156 cm³/mol. The fourth-order valence-electron chi connectivity index (χ4n) is 4.52. The highest BCUT2D eigenvalue weighted by atomic mass is 16.7. The predicted octanol–water partition coefficient (Wildman–Crippen LogP) is 3.71. The third kappa shape index (κ3) is 8.96. The second kappa shape index (κ2) is 16.3. The lowest BCUT2D eigenvalue weighted by Crippen LogP contribution is -2.65. The number of nitrogens with two attached hydrogens (primary N) is 1. The van der Waals surface area contributed by atoms with Crippen molar-refractivity contribution in [3.63, 3.8) is 0 Å². The summed E-state index contributed by atoms with van der Waals surface area (Å²) in [5.74, 6) is -2.39. The summed E-state index contributed by atoms with van der Waals surface area (Å²) < 4.78 is 34.0. The van der Waals surface area contributed by atoms with Crippen molar-refractivity contribution in [2.24, 2.45) is 5.73 Å². The molecule has 0 aromatic heterocycles. The molecule has 4 rings (SSSR count). The first-order chi connectivity index (χ1) is 21.4. The van der Waals surface area contributed by atoms with Crippen molar-refractivity contribution in [1.82, 2.24) is 0 Å². The summed E-state index contributed by atoms with van der Waals surface area (Å²) in [5.41, 5.74) is 7.36. The quantitative estimate of drug-likeness (QED) is 0.173. The minimum Gasteiger partial charge on any atom is -0.469 e. The van der Waals surface area contributed by atoms with Gasteiger partial charge >= 0.3 is 23.9 Å². The van der Waals surface area contributed by atoms with Gasteiger partial charge in [0.1, 0.15) is 12.7 Å². The number of ether oxygens (including phenoxy) is 6. The number of carbonyl (C=O) groups excluding carboxylic acids is 4. The minimum atomic E-state index is -1.27. The van der Waals surface area contributed by atoms with Crippen LogP contribution in [0.25, 0.3) is 0 Å². The van der Waals surface area contributed by atoms with Gasteiger partial charge in [0.15, 0.2) is 18.5 Å². The molecule has 1 aliphatic rings. The van der Waals surface area contributed by atoms with Crippen LogP contribution in [0.15, 0.2) is 91.0 Å². The van der Waals surface area contributed by atoms with E-state index in [1.807, 2.05) is 0 Å². The van der Waals surface area contributed by atoms with E-state index in [2.05, 4.69) is 4.74 Å². The zero-order chi connectivity index (χ0) is 31.3. The van der Waals surface area contributed by atoms with Crippen LogP contribution in [-0.2, 0) is 33.2 Å². The van der Waals surface area contributed by atoms with Gasteiger partial charge < -0.3 is 34.2 Å². The average molecular weight is 606 g/mol. The van der Waals surface area contributed by atoms with Crippen LogP contribution >= 0.6 is 0 Å². The summed E-state index contributed by atoms with van der Waals surface area (Å²) in [6.45, 7) is -0.214. The molecule has 1 fully saturated rings. The maximum absolute atomic E-state index is 13.2. The summed E-state index contributed by atoms with van der Waals surface area (Å²) in [6.07, 6.45) is -3.58. The Morgan fingerprint density at radius 2 is 1.20 bits per heavy atom. The van der Waals surface area contributed by atoms with Gasteiger partial charge in [0.05, 0.1) is 29.8 Å². The normalized spacial score (nSPS) is 21.1. The molecule has 5 unspecified atom stereocenters. The van der Waals surface area contributed by atoms with Crippen molar-refractivity contribution in [2.45, 2.75) is 49.9 Å². The molecule has 0 spiro atoms. The number of carbonyl (C=O) groups is 4. The molecule has 0 saturated carbocycles. The molecule has 5 atom stereocenters. The Hall–Kier alpha value is -4.58. The molecule has 11 heteroatoms. The topological polar surface area (TPSA) is 150 Å². The molecule has 3 aromatic carbocycles. The van der Waals surface area contributed by atoms with E-state index in [0.717, 1.165) is 0 Å². The summed E-state index contributed by atoms with van der Waals surface area (Å²) in [7, 11) is 1.32. The van der Waals surface area contributed by atoms with E-state index in [4.69, 9.17) is 29.4 Å². The van der Waals surface area contributed by atoms with Crippen molar-refractivity contribution in [2.75, 3.05) is 20.3 Å². The maximum atomic E-state index is 13.2. The van der Waals surface area contributed by atoms with E-state index < -0.39 is 48.6 Å². The molecule has 11 nitrogen and oxygen atoms in total. The van der Waals surface area contributed by atoms with E-state index in [-0.39, 0.29) is 36.7 Å². The van der Waals surface area contributed by atoms with Crippen LogP contribution in [0.3, 0.4) is 0 Å². The number of hydrogen-bond donors (Lipinski definition) is 1. The summed E-state index contributed by atoms with van der Waals surface area (Å²) >= 11 is 0. The first kappa shape index (κ1) is 32.3. The fraction of sp³-hybridized carbons (Fsp3) is 0.333. The second-order valence-electron chi connectivity index (χ2n) is 9.96. The molecule has 1 aliphatic heterocycles. The molecule has 1 heterocycles. The van der Waals surface area contributed by atoms with Crippen molar-refractivity contribution in [3.05, 3.63) is 108 Å². The number of unbranched alkanes of at least 4 members (excludes halogenated alkanes) is 1. The van der Waals surface area contributed by atoms with Gasteiger partial charge in [-0.15, -0.1) is 0 Å². The van der Waals surface area contributed by atoms with E-state index >= 15 is 0 Å². The largest absolute Gasteiger partial charge is 0.469 e. The van der Waals surface area contributed by atoms with Gasteiger partial charge in [0.25, 0.3) is 0 Å². The molecule has 0 amide bonds. The SMILES string of the molecule is COC(=O)CCCCOC1OC(COC(=O)c2ccccc2)C(OC(=O)c2ccccc2)C(OC(=O)c2ccccc2)C1N. The second-order valence-corrected chi connectivity index (χ2v) is 9.96. The Labute approximate surface area is 255 Å². The first-order valence-electron chi connectivity index (χ1n) is 14.2. The minimum absolute atomic E-state index is 0.152. The Balaban J connectivity index is 1.58. The molecular formula is C33H35NO10. The standard InChI is InChI=1S/C33H35NO10/c1-39-26(35)19-11-12-20-40-33-27(34)29(44-32(38)24-17-9-4-10-18-24)28(43-31(37)23-15-7-3-8-16-23)25(42-33)21-41-30(36)22-13-5-2-6-14-22/h2-10,13-18,25,27-29,33H,11-12,19-21,34H2,1H3. The van der Waals surface area contributed by atoms with E-state index in [9.17, 15) is 19.2 Å². The molecule has 232 valence electrons. The van der Waals surface area contributed by atoms with Crippen molar-refractivity contribution < 1.29 is 47.6 Å². The third-order valence-electron chi connectivity index (χ3n) is 6.87. The summed E-state index contributed by atoms with van der Waals surface area (Å²) in [4.78, 5) is 50.6. The van der Waals surface area contributed by atoms with E-state index in [1.54, 1.807) is 91.0 Å². The third-order valence-corrected chi connectivity index (χ3v) is 6.87. The molecule has 0 bridgehead atoms. The Morgan fingerprint density at radius 3 is 1.73 bits per heavy atom. The molecule has 44 heavy (non-hydrogen) atoms. The van der Waals surface area contributed by atoms with Crippen molar-refractivity contribution >= 4 is 23.9 Å². The van der Waals surface area contributed by atoms with Crippen molar-refractivity contribution in [1.29, 1.82) is 0 Å². The molecular weight excluding hydrogens is 570 g/mol. The number of esters is 4. The number of benzene rings is 3. The lowest BCUT2D eigenvalue weighted by Gasteiger charge is -2.43. The Kier molecular flexibility index (Phi) is 12.0. The average Bonchev–Trinajstić information content (AvgIpc) is 3.07. The van der Waals surface area contributed by atoms with Crippen LogP contribution in [-0.4, -0.2) is 74.8 Å². The molecule has 2 N–H and O–H groups in total. The van der Waals surface area contributed by atoms with Gasteiger partial charge in [-0.05, 0) is 49.2 Å². The zero-order valence-corrected chi connectivity index (χ0v) is 24.2. The van der Waals surface area contributed by atoms with Gasteiger partial charge in [0.2, 0.25) is 0 Å². The van der Waals surface area contributed by atoms with E-state index in [1.165, 1.54) is 7.11 Å². The summed E-state index contributed by atoms with van der Waals surface area (Å²) in [5, 5.41) is 0. The van der Waals surface area contributed by atoms with Gasteiger partial charge in [0, 0.05) is 13.0 Å². The highest BCUT2D eigenvalue weighted by Crippen LogP contribution is 2.28. The zero-order valence-electron chi connectivity index (χ0n) is 24.2. The lowest BCUT2D eigenvalue weighted by molar-refractivity contribution is -0.264. The molecule has 3 aromatic rings. The number of rotatable bonds is 13. The summed E-state index contributed by atoms with van der Waals surface area (Å²) in [6, 6.07) is 23.8. The lowest BCUT2D eigenvalue weighted by atomic mass is 9.96. The highest BCUT2D eigenvalue weighted by Gasteiger charge is 2.50. The number of hydrogen-bond acceptors (Lipinski definition) is 11. The van der Waals surface area contributed by atoms with Gasteiger partial charge in [-0.1, -0.05) is 54.6 Å². The van der Waals surface area contributed by atoms with Gasteiger partial charge in [-0.25, -0.2) is 14.4 Å². The Morgan fingerprint density at radius 1 is 0.705 bits per heavy atom. The van der Waals surface area contributed by atoms with Gasteiger partial charge in [-0.3, -0.25) is 4.79 Å². The van der Waals surface area contributed by atoms with Crippen LogP contribution < -0.4 is 5.73 Å². The van der Waals surface area contributed by atoms with E-state index in [0.29, 0.717) is 18.4 Å². The molecule has 0 radical (unpaired) electrons. The van der Waals surface area contributed by atoms with Crippen molar-refractivity contribution in [3.8, 4) is 0 Å². The van der Waals surface area contributed by atoms with Crippen LogP contribution in [0.5, 0.6) is 0 Å². The monoisotopic (exact) mass is 605 g/mol. The van der Waals surface area contributed by atoms with Crippen LogP contribution in [0.4, 0.5) is 0 Å². The van der Waals surface area contributed by atoms with Crippen LogP contribution in [0.1, 0.15) is 50.3 Å². The van der Waals surface area contributed by atoms with Crippen LogP contribution in [0, 0.1) is 0 Å². The smallest absolute Gasteiger partial charge is 0.338 e.